The minimum atomic E-state index is -0.406. The lowest BCUT2D eigenvalue weighted by molar-refractivity contribution is -0.149. The summed E-state index contributed by atoms with van der Waals surface area (Å²) in [6.07, 6.45) is 1.44. The van der Waals surface area contributed by atoms with Crippen molar-refractivity contribution in [2.75, 3.05) is 19.7 Å². The average molecular weight is 345 g/mol. The molecule has 1 unspecified atom stereocenters. The highest BCUT2D eigenvalue weighted by Crippen LogP contribution is 2.26. The van der Waals surface area contributed by atoms with Gasteiger partial charge in [-0.3, -0.25) is 9.59 Å². The van der Waals surface area contributed by atoms with Gasteiger partial charge in [0.2, 0.25) is 0 Å². The maximum absolute atomic E-state index is 13.8. The third-order valence-electron chi connectivity index (χ3n) is 4.28. The third-order valence-corrected chi connectivity index (χ3v) is 4.28. The minimum Gasteiger partial charge on any atom is -0.466 e. The molecule has 0 saturated carbocycles. The first kappa shape index (κ1) is 17.2. The molecule has 132 valence electrons. The fraction of sp³-hybridized carbons (Fsp3) is 0.368. The Kier molecular flexibility index (Phi) is 5.16. The van der Waals surface area contributed by atoms with E-state index in [9.17, 15) is 14.0 Å². The number of piperidine rings is 1. The highest BCUT2D eigenvalue weighted by Gasteiger charge is 2.31. The number of carbonyl (C=O) groups excluding carboxylic acids is 2. The Morgan fingerprint density at radius 3 is 2.84 bits per heavy atom. The van der Waals surface area contributed by atoms with E-state index in [-0.39, 0.29) is 23.6 Å². The predicted octanol–water partition coefficient (Wildman–Crippen LogP) is 3.50. The van der Waals surface area contributed by atoms with Crippen LogP contribution in [0.25, 0.3) is 11.3 Å². The number of carbonyl (C=O) groups is 2. The second-order valence-corrected chi connectivity index (χ2v) is 5.99. The number of furan rings is 1. The van der Waals surface area contributed by atoms with Crippen molar-refractivity contribution in [1.29, 1.82) is 0 Å². The van der Waals surface area contributed by atoms with Crippen LogP contribution in [-0.4, -0.2) is 36.5 Å². The van der Waals surface area contributed by atoms with E-state index in [1.807, 2.05) is 0 Å². The summed E-state index contributed by atoms with van der Waals surface area (Å²) in [6.45, 7) is 2.96. The van der Waals surface area contributed by atoms with Gasteiger partial charge in [-0.2, -0.15) is 0 Å². The van der Waals surface area contributed by atoms with E-state index >= 15 is 0 Å². The molecule has 0 aliphatic carbocycles. The van der Waals surface area contributed by atoms with Crippen molar-refractivity contribution in [3.63, 3.8) is 0 Å². The Hall–Kier alpha value is -2.63. The minimum absolute atomic E-state index is 0.141. The summed E-state index contributed by atoms with van der Waals surface area (Å²) in [7, 11) is 0. The lowest BCUT2D eigenvalue weighted by Crippen LogP contribution is -2.42. The first-order chi connectivity index (χ1) is 12.1. The zero-order chi connectivity index (χ0) is 17.8. The van der Waals surface area contributed by atoms with Crippen molar-refractivity contribution in [3.05, 3.63) is 48.0 Å². The SMILES string of the molecule is CCOC(=O)C1CCCN(C(=O)c2ccc(-c3ccccc3F)o2)C1. The zero-order valence-corrected chi connectivity index (χ0v) is 14.0. The number of likely N-dealkylation sites (tertiary alicyclic amines) is 1. The molecule has 1 aromatic heterocycles. The van der Waals surface area contributed by atoms with Gasteiger partial charge in [-0.05, 0) is 44.0 Å². The molecule has 3 rings (SSSR count). The molecule has 1 aliphatic rings. The van der Waals surface area contributed by atoms with Gasteiger partial charge >= 0.3 is 5.97 Å². The monoisotopic (exact) mass is 345 g/mol. The van der Waals surface area contributed by atoms with E-state index in [0.717, 1.165) is 6.42 Å². The molecular formula is C19H20FNO4. The smallest absolute Gasteiger partial charge is 0.310 e. The maximum atomic E-state index is 13.8. The Balaban J connectivity index is 1.73. The molecule has 0 N–H and O–H groups in total. The van der Waals surface area contributed by atoms with Crippen LogP contribution in [0.5, 0.6) is 0 Å². The number of nitrogens with zero attached hydrogens (tertiary/aromatic N) is 1. The molecule has 1 fully saturated rings. The highest BCUT2D eigenvalue weighted by molar-refractivity contribution is 5.92. The molecule has 2 heterocycles. The first-order valence-electron chi connectivity index (χ1n) is 8.40. The van der Waals surface area contributed by atoms with Crippen molar-refractivity contribution >= 4 is 11.9 Å². The van der Waals surface area contributed by atoms with Crippen molar-refractivity contribution < 1.29 is 23.1 Å². The maximum Gasteiger partial charge on any atom is 0.310 e. The number of halogens is 1. The van der Waals surface area contributed by atoms with Gasteiger partial charge in [0.05, 0.1) is 18.1 Å². The summed E-state index contributed by atoms with van der Waals surface area (Å²) in [5.74, 6) is -0.832. The van der Waals surface area contributed by atoms with E-state index in [0.29, 0.717) is 37.4 Å². The second kappa shape index (κ2) is 7.51. The van der Waals surface area contributed by atoms with Crippen molar-refractivity contribution in [2.24, 2.45) is 5.92 Å². The van der Waals surface area contributed by atoms with E-state index in [1.54, 1.807) is 36.1 Å². The fourth-order valence-corrected chi connectivity index (χ4v) is 3.03. The number of hydrogen-bond acceptors (Lipinski definition) is 4. The van der Waals surface area contributed by atoms with Crippen molar-refractivity contribution in [3.8, 4) is 11.3 Å². The van der Waals surface area contributed by atoms with Crippen LogP contribution >= 0.6 is 0 Å². The average Bonchev–Trinajstić information content (AvgIpc) is 3.11. The molecule has 2 aromatic rings. The normalized spacial score (nSPS) is 17.4. The number of benzene rings is 1. The molecule has 1 aromatic carbocycles. The van der Waals surface area contributed by atoms with Crippen LogP contribution in [-0.2, 0) is 9.53 Å². The summed E-state index contributed by atoms with van der Waals surface area (Å²) < 4.78 is 24.5. The van der Waals surface area contributed by atoms with Crippen LogP contribution in [0.4, 0.5) is 4.39 Å². The van der Waals surface area contributed by atoms with Gasteiger partial charge < -0.3 is 14.1 Å². The molecule has 0 spiro atoms. The highest BCUT2D eigenvalue weighted by atomic mass is 19.1. The second-order valence-electron chi connectivity index (χ2n) is 5.99. The number of amides is 1. The Bertz CT molecular complexity index is 770. The van der Waals surface area contributed by atoms with E-state index in [1.165, 1.54) is 12.1 Å². The molecule has 1 aliphatic heterocycles. The topological polar surface area (TPSA) is 59.8 Å². The van der Waals surface area contributed by atoms with Crippen molar-refractivity contribution in [1.82, 2.24) is 4.90 Å². The Morgan fingerprint density at radius 1 is 1.28 bits per heavy atom. The lowest BCUT2D eigenvalue weighted by Gasteiger charge is -2.30. The fourth-order valence-electron chi connectivity index (χ4n) is 3.03. The zero-order valence-electron chi connectivity index (χ0n) is 14.0. The number of rotatable bonds is 4. The van der Waals surface area contributed by atoms with Crippen LogP contribution in [0.2, 0.25) is 0 Å². The van der Waals surface area contributed by atoms with Gasteiger partial charge in [0.15, 0.2) is 5.76 Å². The van der Waals surface area contributed by atoms with Gasteiger partial charge in [-0.15, -0.1) is 0 Å². The number of ether oxygens (including phenoxy) is 1. The molecule has 0 bridgehead atoms. The summed E-state index contributed by atoms with van der Waals surface area (Å²) in [5, 5.41) is 0. The quantitative estimate of drug-likeness (QED) is 0.796. The Labute approximate surface area is 145 Å². The molecule has 25 heavy (non-hydrogen) atoms. The molecular weight excluding hydrogens is 325 g/mol. The van der Waals surface area contributed by atoms with Crippen LogP contribution in [0.3, 0.4) is 0 Å². The molecule has 1 amide bonds. The van der Waals surface area contributed by atoms with Crippen molar-refractivity contribution in [2.45, 2.75) is 19.8 Å². The van der Waals surface area contributed by atoms with E-state index in [2.05, 4.69) is 0 Å². The summed E-state index contributed by atoms with van der Waals surface area (Å²) in [6, 6.07) is 9.36. The molecule has 0 radical (unpaired) electrons. The molecule has 1 atom stereocenters. The number of esters is 1. The van der Waals surface area contributed by atoms with Gasteiger partial charge in [0, 0.05) is 13.1 Å². The van der Waals surface area contributed by atoms with E-state index in [4.69, 9.17) is 9.15 Å². The van der Waals surface area contributed by atoms with Crippen LogP contribution < -0.4 is 0 Å². The van der Waals surface area contributed by atoms with Crippen LogP contribution in [0.1, 0.15) is 30.3 Å². The molecule has 6 heteroatoms. The largest absolute Gasteiger partial charge is 0.466 e. The number of hydrogen-bond donors (Lipinski definition) is 0. The summed E-state index contributed by atoms with van der Waals surface area (Å²) >= 11 is 0. The summed E-state index contributed by atoms with van der Waals surface area (Å²) in [5.41, 5.74) is 0.310. The third kappa shape index (κ3) is 3.73. The molecule has 5 nitrogen and oxygen atoms in total. The predicted molar refractivity (Wildman–Crippen MR) is 89.4 cm³/mol. The Morgan fingerprint density at radius 2 is 2.08 bits per heavy atom. The van der Waals surface area contributed by atoms with Gasteiger partial charge in [-0.25, -0.2) is 4.39 Å². The first-order valence-corrected chi connectivity index (χ1v) is 8.40. The van der Waals surface area contributed by atoms with Crippen LogP contribution in [0, 0.1) is 11.7 Å². The standard InChI is InChI=1S/C19H20FNO4/c1-2-24-19(23)13-6-5-11-21(12-13)18(22)17-10-9-16(25-17)14-7-3-4-8-15(14)20/h3-4,7-10,13H,2,5-6,11-12H2,1H3. The van der Waals surface area contributed by atoms with Crippen LogP contribution in [0.15, 0.2) is 40.8 Å². The van der Waals surface area contributed by atoms with Gasteiger partial charge in [0.25, 0.3) is 5.91 Å². The molecule has 1 saturated heterocycles. The summed E-state index contributed by atoms with van der Waals surface area (Å²) in [4.78, 5) is 26.1. The van der Waals surface area contributed by atoms with Gasteiger partial charge in [0.1, 0.15) is 11.6 Å². The lowest BCUT2D eigenvalue weighted by atomic mass is 9.98. The van der Waals surface area contributed by atoms with Gasteiger partial charge in [-0.1, -0.05) is 12.1 Å². The van der Waals surface area contributed by atoms with E-state index < -0.39 is 5.82 Å².